The summed E-state index contributed by atoms with van der Waals surface area (Å²) >= 11 is 5.89. The van der Waals surface area contributed by atoms with Crippen molar-refractivity contribution in [1.82, 2.24) is 5.32 Å². The maximum atomic E-state index is 12.2. The molecule has 0 amide bonds. The van der Waals surface area contributed by atoms with Crippen LogP contribution in [-0.4, -0.2) is 32.5 Å². The molecular formula is C13H18ClNO2S. The fraction of sp³-hybridized carbons (Fsp3) is 0.538. The van der Waals surface area contributed by atoms with E-state index in [2.05, 4.69) is 5.32 Å². The van der Waals surface area contributed by atoms with Gasteiger partial charge in [-0.3, -0.25) is 0 Å². The third-order valence-corrected chi connectivity index (χ3v) is 5.85. The van der Waals surface area contributed by atoms with Gasteiger partial charge in [0.1, 0.15) is 0 Å². The van der Waals surface area contributed by atoms with Crippen LogP contribution in [-0.2, 0) is 16.3 Å². The van der Waals surface area contributed by atoms with Crippen LogP contribution in [0.2, 0.25) is 5.02 Å². The van der Waals surface area contributed by atoms with Gasteiger partial charge in [-0.2, -0.15) is 0 Å². The Kier molecular flexibility index (Phi) is 4.65. The predicted molar refractivity (Wildman–Crippen MR) is 74.8 cm³/mol. The number of sulfone groups is 1. The van der Waals surface area contributed by atoms with E-state index in [0.717, 1.165) is 31.5 Å². The maximum absolute atomic E-state index is 12.2. The van der Waals surface area contributed by atoms with E-state index in [1.54, 1.807) is 6.07 Å². The lowest BCUT2D eigenvalue weighted by Gasteiger charge is -2.22. The lowest BCUT2D eigenvalue weighted by Crippen LogP contribution is -2.37. The Balaban J connectivity index is 1.96. The molecule has 0 saturated carbocycles. The molecule has 1 aromatic carbocycles. The summed E-state index contributed by atoms with van der Waals surface area (Å²) in [4.78, 5) is 0. The van der Waals surface area contributed by atoms with Crippen LogP contribution in [0.3, 0.4) is 0 Å². The first-order chi connectivity index (χ1) is 8.58. The topological polar surface area (TPSA) is 46.2 Å². The van der Waals surface area contributed by atoms with E-state index in [0.29, 0.717) is 11.4 Å². The number of aryl methyl sites for hydroxylation is 1. The number of benzene rings is 1. The Morgan fingerprint density at radius 2 is 2.00 bits per heavy atom. The fourth-order valence-electron chi connectivity index (χ4n) is 2.27. The zero-order valence-electron chi connectivity index (χ0n) is 10.2. The van der Waals surface area contributed by atoms with Gasteiger partial charge in [-0.25, -0.2) is 8.42 Å². The smallest absolute Gasteiger partial charge is 0.153 e. The lowest BCUT2D eigenvalue weighted by atomic mass is 10.2. The van der Waals surface area contributed by atoms with Gasteiger partial charge in [0.2, 0.25) is 0 Å². The van der Waals surface area contributed by atoms with Crippen molar-refractivity contribution in [2.45, 2.75) is 24.5 Å². The van der Waals surface area contributed by atoms with Crippen LogP contribution in [0.5, 0.6) is 0 Å². The highest BCUT2D eigenvalue weighted by molar-refractivity contribution is 7.92. The van der Waals surface area contributed by atoms with Crippen LogP contribution in [0.15, 0.2) is 24.3 Å². The molecule has 1 saturated heterocycles. The van der Waals surface area contributed by atoms with Crippen molar-refractivity contribution in [2.75, 3.05) is 18.8 Å². The number of rotatable bonds is 4. The van der Waals surface area contributed by atoms with E-state index in [9.17, 15) is 8.42 Å². The number of hydrogen-bond donors (Lipinski definition) is 1. The molecule has 1 aromatic rings. The highest BCUT2D eigenvalue weighted by Crippen LogP contribution is 2.17. The number of piperidine rings is 1. The summed E-state index contributed by atoms with van der Waals surface area (Å²) in [6, 6.07) is 7.41. The van der Waals surface area contributed by atoms with Gasteiger partial charge in [-0.1, -0.05) is 23.7 Å². The predicted octanol–water partition coefficient (Wildman–Crippen LogP) is 2.05. The minimum Gasteiger partial charge on any atom is -0.317 e. The molecule has 100 valence electrons. The molecule has 2 rings (SSSR count). The van der Waals surface area contributed by atoms with Crippen molar-refractivity contribution in [2.24, 2.45) is 0 Å². The van der Waals surface area contributed by atoms with Crippen LogP contribution in [0.1, 0.15) is 18.4 Å². The molecule has 1 heterocycles. The van der Waals surface area contributed by atoms with Crippen LogP contribution < -0.4 is 5.32 Å². The van der Waals surface area contributed by atoms with Gasteiger partial charge in [-0.15, -0.1) is 0 Å². The molecule has 0 bridgehead atoms. The molecule has 1 aliphatic heterocycles. The monoisotopic (exact) mass is 287 g/mol. The van der Waals surface area contributed by atoms with Gasteiger partial charge < -0.3 is 5.32 Å². The fourth-order valence-corrected chi connectivity index (χ4v) is 4.29. The van der Waals surface area contributed by atoms with Crippen LogP contribution in [0.25, 0.3) is 0 Å². The number of halogens is 1. The molecule has 0 aromatic heterocycles. The van der Waals surface area contributed by atoms with Crippen molar-refractivity contribution in [3.05, 3.63) is 34.9 Å². The molecule has 1 N–H and O–H groups in total. The molecule has 1 fully saturated rings. The lowest BCUT2D eigenvalue weighted by molar-refractivity contribution is 0.496. The van der Waals surface area contributed by atoms with E-state index in [4.69, 9.17) is 11.6 Å². The van der Waals surface area contributed by atoms with Gasteiger partial charge >= 0.3 is 0 Å². The van der Waals surface area contributed by atoms with Crippen molar-refractivity contribution >= 4 is 21.4 Å². The molecule has 0 aliphatic carbocycles. The number of nitrogens with one attached hydrogen (secondary N) is 1. The summed E-state index contributed by atoms with van der Waals surface area (Å²) in [5, 5.41) is 3.68. The maximum Gasteiger partial charge on any atom is 0.153 e. The zero-order valence-corrected chi connectivity index (χ0v) is 11.8. The van der Waals surface area contributed by atoms with Crippen LogP contribution in [0, 0.1) is 0 Å². The average Bonchev–Trinajstić information content (AvgIpc) is 2.38. The van der Waals surface area contributed by atoms with Gasteiger partial charge in [0.15, 0.2) is 9.84 Å². The van der Waals surface area contributed by atoms with Gasteiger partial charge in [0.05, 0.1) is 11.0 Å². The highest BCUT2D eigenvalue weighted by atomic mass is 35.5. The van der Waals surface area contributed by atoms with Gasteiger partial charge in [0, 0.05) is 5.02 Å². The summed E-state index contributed by atoms with van der Waals surface area (Å²) in [7, 11) is -2.98. The summed E-state index contributed by atoms with van der Waals surface area (Å²) in [6.45, 7) is 1.61. The molecule has 5 heteroatoms. The summed E-state index contributed by atoms with van der Waals surface area (Å²) < 4.78 is 24.4. The van der Waals surface area contributed by atoms with E-state index in [1.807, 2.05) is 18.2 Å². The minimum atomic E-state index is -2.98. The summed E-state index contributed by atoms with van der Waals surface area (Å²) in [5.41, 5.74) is 0.986. The Bertz CT molecular complexity index is 495. The first kappa shape index (κ1) is 13.8. The first-order valence-corrected chi connectivity index (χ1v) is 8.34. The standard InChI is InChI=1S/C13H18ClNO2S/c14-12-3-1-2-11(10-12)6-9-18(16,17)13-4-7-15-8-5-13/h1-3,10,13,15H,4-9H2. The third-order valence-electron chi connectivity index (χ3n) is 3.36. The van der Waals surface area contributed by atoms with E-state index < -0.39 is 9.84 Å². The second-order valence-electron chi connectivity index (χ2n) is 4.70. The second-order valence-corrected chi connectivity index (χ2v) is 7.53. The van der Waals surface area contributed by atoms with Crippen LogP contribution >= 0.6 is 11.6 Å². The van der Waals surface area contributed by atoms with Crippen molar-refractivity contribution in [3.63, 3.8) is 0 Å². The molecule has 3 nitrogen and oxygen atoms in total. The Labute approximate surface area is 113 Å². The van der Waals surface area contributed by atoms with Gasteiger partial charge in [-0.05, 0) is 50.0 Å². The Hall–Kier alpha value is -0.580. The average molecular weight is 288 g/mol. The molecule has 0 unspecified atom stereocenters. The molecule has 0 spiro atoms. The summed E-state index contributed by atoms with van der Waals surface area (Å²) in [5.74, 6) is 0.220. The molecular weight excluding hydrogens is 270 g/mol. The molecule has 1 aliphatic rings. The van der Waals surface area contributed by atoms with Crippen molar-refractivity contribution in [1.29, 1.82) is 0 Å². The molecule has 0 atom stereocenters. The third kappa shape index (κ3) is 3.70. The SMILES string of the molecule is O=S(=O)(CCc1cccc(Cl)c1)C1CCNCC1. The second kappa shape index (κ2) is 6.04. The number of hydrogen-bond acceptors (Lipinski definition) is 3. The minimum absolute atomic E-state index is 0.169. The normalized spacial score (nSPS) is 17.8. The first-order valence-electron chi connectivity index (χ1n) is 6.25. The largest absolute Gasteiger partial charge is 0.317 e. The quantitative estimate of drug-likeness (QED) is 0.922. The van der Waals surface area contributed by atoms with Crippen LogP contribution in [0.4, 0.5) is 0 Å². The Morgan fingerprint density at radius 1 is 1.28 bits per heavy atom. The van der Waals surface area contributed by atoms with Crippen molar-refractivity contribution < 1.29 is 8.42 Å². The Morgan fingerprint density at radius 3 is 2.67 bits per heavy atom. The van der Waals surface area contributed by atoms with E-state index >= 15 is 0 Å². The highest BCUT2D eigenvalue weighted by Gasteiger charge is 2.26. The molecule has 18 heavy (non-hydrogen) atoms. The van der Waals surface area contributed by atoms with E-state index in [1.165, 1.54) is 0 Å². The zero-order chi connectivity index (χ0) is 13.0. The van der Waals surface area contributed by atoms with Gasteiger partial charge in [0.25, 0.3) is 0 Å². The molecule has 0 radical (unpaired) electrons. The van der Waals surface area contributed by atoms with E-state index in [-0.39, 0.29) is 11.0 Å². The van der Waals surface area contributed by atoms with Crippen molar-refractivity contribution in [3.8, 4) is 0 Å². The summed E-state index contributed by atoms with van der Waals surface area (Å²) in [6.07, 6.45) is 2.02.